The van der Waals surface area contributed by atoms with Crippen LogP contribution in [0.4, 0.5) is 5.82 Å². The normalized spacial score (nSPS) is 23.6. The highest BCUT2D eigenvalue weighted by atomic mass is 32.1. The van der Waals surface area contributed by atoms with E-state index in [1.54, 1.807) is 17.4 Å². The molecule has 2 aromatic carbocycles. The Labute approximate surface area is 294 Å². The van der Waals surface area contributed by atoms with E-state index in [9.17, 15) is 20.0 Å². The van der Waals surface area contributed by atoms with Crippen molar-refractivity contribution < 1.29 is 19.4 Å². The maximum atomic E-state index is 13.7. The maximum Gasteiger partial charge on any atom is 0.355 e. The van der Waals surface area contributed by atoms with E-state index in [4.69, 9.17) is 9.72 Å². The van der Waals surface area contributed by atoms with Crippen molar-refractivity contribution in [3.63, 3.8) is 0 Å². The fourth-order valence-electron chi connectivity index (χ4n) is 9.46. The Morgan fingerprint density at radius 2 is 1.86 bits per heavy atom. The van der Waals surface area contributed by atoms with Crippen LogP contribution in [-0.2, 0) is 30.7 Å². The molecule has 2 saturated heterocycles. The highest BCUT2D eigenvalue weighted by Gasteiger charge is 2.52. The molecule has 3 aliphatic heterocycles. The van der Waals surface area contributed by atoms with Crippen LogP contribution in [0.2, 0.25) is 0 Å². The zero-order valence-electron chi connectivity index (χ0n) is 27.9. The van der Waals surface area contributed by atoms with E-state index >= 15 is 0 Å². The van der Waals surface area contributed by atoms with Crippen LogP contribution in [0.25, 0.3) is 21.3 Å². The van der Waals surface area contributed by atoms with Crippen LogP contribution < -0.4 is 4.90 Å². The van der Waals surface area contributed by atoms with Gasteiger partial charge < -0.3 is 19.3 Å². The minimum atomic E-state index is -1.12. The Morgan fingerprint density at radius 3 is 2.62 bits per heavy atom. The van der Waals surface area contributed by atoms with E-state index < -0.39 is 5.97 Å². The van der Waals surface area contributed by atoms with Gasteiger partial charge in [0.05, 0.1) is 34.9 Å². The summed E-state index contributed by atoms with van der Waals surface area (Å²) in [6.07, 6.45) is 6.85. The molecular formula is C40H37N5O4S. The lowest BCUT2D eigenvalue weighted by Crippen LogP contribution is -2.56. The zero-order valence-corrected chi connectivity index (χ0v) is 28.7. The number of Topliss-reactive ketones (excluding diaryl/α,β-unsaturated/α-hetero) is 1. The van der Waals surface area contributed by atoms with Gasteiger partial charge in [0.25, 0.3) is 0 Å². The molecular weight excluding hydrogens is 647 g/mol. The second kappa shape index (κ2) is 11.9. The summed E-state index contributed by atoms with van der Waals surface area (Å²) in [6.45, 7) is 3.66. The molecule has 10 heteroatoms. The SMILES string of the molecule is Cc1c(-c2ccc(N3CCc4cccc(C(=O)Cc5nc6ccccc6s5)c4C3)nc2C(=O)O)cc(C#N)n1CC12CC3CC(CC(C3)O1)C2. The molecule has 1 N–H and O–H groups in total. The number of anilines is 1. The average molecular weight is 684 g/mol. The average Bonchev–Trinajstić information content (AvgIpc) is 3.65. The molecule has 2 atom stereocenters. The Hall–Kier alpha value is -4.85. The summed E-state index contributed by atoms with van der Waals surface area (Å²) in [6, 6.07) is 21.6. The van der Waals surface area contributed by atoms with E-state index in [1.807, 2.05) is 60.0 Å². The minimum Gasteiger partial charge on any atom is -0.476 e. The third-order valence-corrected chi connectivity index (χ3v) is 12.5. The predicted octanol–water partition coefficient (Wildman–Crippen LogP) is 7.37. The molecule has 3 aromatic heterocycles. The van der Waals surface area contributed by atoms with Crippen molar-refractivity contribution in [1.82, 2.24) is 14.5 Å². The number of aromatic nitrogens is 3. The molecule has 4 fully saturated rings. The second-order valence-corrected chi connectivity index (χ2v) is 15.8. The van der Waals surface area contributed by atoms with E-state index in [1.165, 1.54) is 6.42 Å². The van der Waals surface area contributed by atoms with Gasteiger partial charge in [-0.3, -0.25) is 4.79 Å². The Kier molecular flexibility index (Phi) is 7.41. The van der Waals surface area contributed by atoms with Crippen molar-refractivity contribution in [3.05, 3.63) is 99.4 Å². The second-order valence-electron chi connectivity index (χ2n) is 14.7. The quantitative estimate of drug-likeness (QED) is 0.168. The van der Waals surface area contributed by atoms with Crippen molar-refractivity contribution in [2.75, 3.05) is 11.4 Å². The molecule has 4 bridgehead atoms. The van der Waals surface area contributed by atoms with Crippen molar-refractivity contribution in [2.24, 2.45) is 11.8 Å². The first-order valence-electron chi connectivity index (χ1n) is 17.5. The third kappa shape index (κ3) is 5.31. The van der Waals surface area contributed by atoms with Gasteiger partial charge in [-0.05, 0) is 98.7 Å². The highest BCUT2D eigenvalue weighted by molar-refractivity contribution is 7.18. The van der Waals surface area contributed by atoms with Crippen LogP contribution in [0.5, 0.6) is 0 Å². The number of carbonyl (C=O) groups excluding carboxylic acids is 1. The van der Waals surface area contributed by atoms with E-state index in [-0.39, 0.29) is 23.5 Å². The molecule has 0 radical (unpaired) electrons. The van der Waals surface area contributed by atoms with Crippen LogP contribution >= 0.6 is 11.3 Å². The van der Waals surface area contributed by atoms with Gasteiger partial charge in [-0.2, -0.15) is 5.26 Å². The maximum absolute atomic E-state index is 13.7. The fourth-order valence-corrected chi connectivity index (χ4v) is 10.4. The highest BCUT2D eigenvalue weighted by Crippen LogP contribution is 2.54. The monoisotopic (exact) mass is 683 g/mol. The number of thiazole rings is 1. The molecule has 5 aliphatic rings. The Morgan fingerprint density at radius 1 is 1.04 bits per heavy atom. The number of hydrogen-bond acceptors (Lipinski definition) is 8. The first-order chi connectivity index (χ1) is 24.3. The number of para-hydroxylation sites is 1. The number of ketones is 1. The fraction of sp³-hybridized carbons (Fsp3) is 0.375. The number of rotatable bonds is 8. The lowest BCUT2D eigenvalue weighted by Gasteiger charge is -2.56. The molecule has 9 nitrogen and oxygen atoms in total. The number of ether oxygens (including phenoxy) is 1. The van der Waals surface area contributed by atoms with Crippen LogP contribution in [0, 0.1) is 30.1 Å². The van der Waals surface area contributed by atoms with Gasteiger partial charge in [0.1, 0.15) is 22.6 Å². The van der Waals surface area contributed by atoms with E-state index in [0.717, 1.165) is 57.7 Å². The van der Waals surface area contributed by atoms with Crippen LogP contribution in [-0.4, -0.2) is 49.6 Å². The van der Waals surface area contributed by atoms with Gasteiger partial charge in [0, 0.05) is 35.5 Å². The van der Waals surface area contributed by atoms with Crippen LogP contribution in [0.3, 0.4) is 0 Å². The molecule has 10 rings (SSSR count). The summed E-state index contributed by atoms with van der Waals surface area (Å²) in [7, 11) is 0. The first-order valence-corrected chi connectivity index (χ1v) is 18.3. The smallest absolute Gasteiger partial charge is 0.355 e. The van der Waals surface area contributed by atoms with Gasteiger partial charge in [-0.25, -0.2) is 14.8 Å². The zero-order chi connectivity index (χ0) is 34.1. The summed E-state index contributed by atoms with van der Waals surface area (Å²) in [4.78, 5) is 37.9. The van der Waals surface area contributed by atoms with Crippen LogP contribution in [0.1, 0.15) is 80.5 Å². The minimum absolute atomic E-state index is 0.0181. The Bertz CT molecular complexity index is 2180. The molecule has 5 aromatic rings. The standard InChI is InChI=1S/C40H37N5O4S/c1-23-31(16-27(20-41)45(23)22-40-18-24-13-25(19-40)15-28(14-24)49-40)30-9-10-36(43-38(30)39(47)48)44-12-11-26-5-4-6-29(32(26)21-44)34(46)17-37-42-33-7-2-3-8-35(33)50-37/h2-10,16,24-25,28H,11-15,17-19,21-22H2,1H3,(H,47,48). The number of nitriles is 1. The Balaban J connectivity index is 0.998. The van der Waals surface area contributed by atoms with Crippen molar-refractivity contribution in [3.8, 4) is 17.2 Å². The molecule has 50 heavy (non-hydrogen) atoms. The molecule has 2 unspecified atom stereocenters. The molecule has 0 amide bonds. The lowest BCUT2D eigenvalue weighted by atomic mass is 9.62. The third-order valence-electron chi connectivity index (χ3n) is 11.4. The van der Waals surface area contributed by atoms with Gasteiger partial charge in [0.15, 0.2) is 11.5 Å². The van der Waals surface area contributed by atoms with Crippen molar-refractivity contribution in [2.45, 2.75) is 76.7 Å². The number of aromatic carboxylic acids is 1. The summed E-state index contributed by atoms with van der Waals surface area (Å²) < 4.78 is 9.75. The summed E-state index contributed by atoms with van der Waals surface area (Å²) >= 11 is 1.54. The number of benzene rings is 2. The summed E-state index contributed by atoms with van der Waals surface area (Å²) in [5.74, 6) is 0.814. The molecule has 252 valence electrons. The lowest BCUT2D eigenvalue weighted by molar-refractivity contribution is -0.225. The topological polar surface area (TPSA) is 121 Å². The van der Waals surface area contributed by atoms with E-state index in [2.05, 4.69) is 22.0 Å². The largest absolute Gasteiger partial charge is 0.476 e. The first kappa shape index (κ1) is 31.2. The molecule has 0 spiro atoms. The number of carboxylic acids is 1. The van der Waals surface area contributed by atoms with Gasteiger partial charge in [-0.1, -0.05) is 30.3 Å². The van der Waals surface area contributed by atoms with Crippen molar-refractivity contribution in [1.29, 1.82) is 5.26 Å². The molecule has 2 saturated carbocycles. The van der Waals surface area contributed by atoms with Gasteiger partial charge in [-0.15, -0.1) is 11.3 Å². The van der Waals surface area contributed by atoms with E-state index in [0.29, 0.717) is 72.2 Å². The number of fused-ring (bicyclic) bond motifs is 2. The van der Waals surface area contributed by atoms with Gasteiger partial charge >= 0.3 is 5.97 Å². The van der Waals surface area contributed by atoms with Crippen LogP contribution in [0.15, 0.2) is 60.7 Å². The number of nitrogens with zero attached hydrogens (tertiary/aromatic N) is 5. The summed E-state index contributed by atoms with van der Waals surface area (Å²) in [5.41, 5.74) is 5.88. The molecule has 6 heterocycles. The molecule has 2 aliphatic carbocycles. The summed E-state index contributed by atoms with van der Waals surface area (Å²) in [5, 5.41) is 21.4. The number of hydrogen-bond donors (Lipinski definition) is 1. The number of pyridine rings is 1. The van der Waals surface area contributed by atoms with Crippen molar-refractivity contribution >= 4 is 39.1 Å². The number of carboxylic acid groups (broad SMARTS) is 1. The number of carbonyl (C=O) groups is 2. The predicted molar refractivity (Wildman–Crippen MR) is 191 cm³/mol. The van der Waals surface area contributed by atoms with Gasteiger partial charge in [0.2, 0.25) is 0 Å².